The summed E-state index contributed by atoms with van der Waals surface area (Å²) in [5.74, 6) is 0. The molecule has 0 aromatic carbocycles. The molecule has 0 aliphatic carbocycles. The molecule has 6 heavy (non-hydrogen) atoms. The van der Waals surface area contributed by atoms with Gasteiger partial charge < -0.3 is 0 Å². The van der Waals surface area contributed by atoms with Crippen LogP contribution in [0.4, 0.5) is 0 Å². The minimum atomic E-state index is 0.958. The quantitative estimate of drug-likeness (QED) is 0.414. The standard InChI is InChI=1S/C4H8I.Sn/c1-2-3-4-5;/h4H,2-3H2,1H3;. The summed E-state index contributed by atoms with van der Waals surface area (Å²) in [7, 11) is 0. The number of rotatable bonds is 2. The molecule has 0 aromatic heterocycles. The second kappa shape index (κ2) is 4.68. The van der Waals surface area contributed by atoms with Gasteiger partial charge in [-0.1, -0.05) is 0 Å². The van der Waals surface area contributed by atoms with Gasteiger partial charge in [0.15, 0.2) is 0 Å². The topological polar surface area (TPSA) is 0 Å². The maximum absolute atomic E-state index is 2.48. The van der Waals surface area contributed by atoms with E-state index in [0.717, 1.165) is 1.94 Å². The Hall–Kier alpha value is 1.53. The van der Waals surface area contributed by atoms with E-state index in [2.05, 4.69) is 29.5 Å². The van der Waals surface area contributed by atoms with Gasteiger partial charge in [-0.05, 0) is 0 Å². The molecule has 0 heterocycles. The summed E-state index contributed by atoms with van der Waals surface area (Å²) < 4.78 is 0.958. The molecule has 1 atom stereocenters. The van der Waals surface area contributed by atoms with Gasteiger partial charge in [0, 0.05) is 0 Å². The predicted octanol–water partition coefficient (Wildman–Crippen LogP) is 1.72. The van der Waals surface area contributed by atoms with E-state index < -0.39 is 0 Å². The second-order valence-corrected chi connectivity index (χ2v) is 8.10. The third-order valence-electron chi connectivity index (χ3n) is 0.542. The van der Waals surface area contributed by atoms with Crippen LogP contribution in [0.3, 0.4) is 0 Å². The molecular weight excluding hydrogens is 294 g/mol. The molecule has 0 bridgehead atoms. The zero-order valence-electron chi connectivity index (χ0n) is 3.87. The molecule has 2 heteroatoms. The van der Waals surface area contributed by atoms with Crippen LogP contribution in [0.15, 0.2) is 0 Å². The predicted molar refractivity (Wildman–Crippen MR) is 38.5 cm³/mol. The Labute approximate surface area is 66.3 Å². The first-order valence-electron chi connectivity index (χ1n) is 2.12. The molecule has 0 nitrogen and oxygen atoms in total. The minimum absolute atomic E-state index is 0.958. The van der Waals surface area contributed by atoms with Gasteiger partial charge in [0.1, 0.15) is 0 Å². The summed E-state index contributed by atoms with van der Waals surface area (Å²) in [5, 5.41) is 0. The fourth-order valence-corrected chi connectivity index (χ4v) is 1.70. The summed E-state index contributed by atoms with van der Waals surface area (Å²) >= 11 is 4.16. The van der Waals surface area contributed by atoms with Crippen LogP contribution in [0, 0.1) is 0 Å². The SMILES string of the molecule is CCC[CH]([Sn])I. The fraction of sp³-hybridized carbons (Fsp3) is 1.00. The average molecular weight is 302 g/mol. The summed E-state index contributed by atoms with van der Waals surface area (Å²) in [6.07, 6.45) is 2.75. The molecule has 1 unspecified atom stereocenters. The van der Waals surface area contributed by atoms with Gasteiger partial charge in [-0.25, -0.2) is 0 Å². The van der Waals surface area contributed by atoms with Gasteiger partial charge in [0.25, 0.3) is 0 Å². The van der Waals surface area contributed by atoms with E-state index in [4.69, 9.17) is 0 Å². The number of halogens is 1. The third-order valence-corrected chi connectivity index (χ3v) is 1.99. The van der Waals surface area contributed by atoms with E-state index in [1.165, 1.54) is 12.8 Å². The molecule has 0 fully saturated rings. The van der Waals surface area contributed by atoms with Crippen LogP contribution in [0.5, 0.6) is 0 Å². The fourth-order valence-electron chi connectivity index (χ4n) is 0.253. The molecule has 0 aromatic rings. The third kappa shape index (κ3) is 5.53. The first-order valence-corrected chi connectivity index (χ1v) is 5.02. The number of hydrogen-bond donors (Lipinski definition) is 0. The zero-order chi connectivity index (χ0) is 4.99. The maximum atomic E-state index is 2.48. The molecule has 0 spiro atoms. The molecule has 0 saturated heterocycles. The van der Waals surface area contributed by atoms with Crippen molar-refractivity contribution in [2.45, 2.75) is 21.7 Å². The van der Waals surface area contributed by atoms with Gasteiger partial charge in [-0.3, -0.25) is 0 Å². The van der Waals surface area contributed by atoms with E-state index in [1.807, 2.05) is 0 Å². The Morgan fingerprint density at radius 3 is 2.33 bits per heavy atom. The molecule has 0 amide bonds. The Bertz CT molecular complexity index is 28.7. The molecule has 3 radical (unpaired) electrons. The first-order chi connectivity index (χ1) is 2.77. The number of hydrogen-bond acceptors (Lipinski definition) is 0. The first kappa shape index (κ1) is 7.53. The van der Waals surface area contributed by atoms with Crippen LogP contribution in [0.1, 0.15) is 19.8 Å². The Balaban J connectivity index is 2.63. The van der Waals surface area contributed by atoms with Crippen molar-refractivity contribution in [1.29, 1.82) is 0 Å². The Kier molecular flexibility index (Phi) is 5.87. The van der Waals surface area contributed by atoms with E-state index in [-0.39, 0.29) is 0 Å². The van der Waals surface area contributed by atoms with Crippen molar-refractivity contribution in [2.75, 3.05) is 0 Å². The van der Waals surface area contributed by atoms with Crippen molar-refractivity contribution in [1.82, 2.24) is 0 Å². The van der Waals surface area contributed by atoms with Crippen LogP contribution >= 0.6 is 22.6 Å². The molecule has 0 aliphatic rings. The summed E-state index contributed by atoms with van der Waals surface area (Å²) in [4.78, 5) is 0. The van der Waals surface area contributed by atoms with Gasteiger partial charge in [0.2, 0.25) is 0 Å². The molecule has 0 rings (SSSR count). The molecular formula is C4H8ISn. The van der Waals surface area contributed by atoms with Gasteiger partial charge >= 0.3 is 66.8 Å². The normalized spacial score (nSPS) is 14.5. The Morgan fingerprint density at radius 2 is 2.33 bits per heavy atom. The summed E-state index contributed by atoms with van der Waals surface area (Å²) in [6.45, 7) is 2.23. The molecule has 0 N–H and O–H groups in total. The van der Waals surface area contributed by atoms with E-state index in [0.29, 0.717) is 0 Å². The van der Waals surface area contributed by atoms with Crippen molar-refractivity contribution in [3.63, 3.8) is 0 Å². The molecule has 35 valence electrons. The van der Waals surface area contributed by atoms with Crippen molar-refractivity contribution in [2.24, 2.45) is 0 Å². The van der Waals surface area contributed by atoms with Crippen LogP contribution in [-0.2, 0) is 0 Å². The van der Waals surface area contributed by atoms with Crippen molar-refractivity contribution in [3.05, 3.63) is 0 Å². The van der Waals surface area contributed by atoms with Crippen LogP contribution in [0.2, 0.25) is 0 Å². The second-order valence-electron chi connectivity index (χ2n) is 1.26. The van der Waals surface area contributed by atoms with Crippen molar-refractivity contribution in [3.8, 4) is 0 Å². The summed E-state index contributed by atoms with van der Waals surface area (Å²) in [5.41, 5.74) is 0. The van der Waals surface area contributed by atoms with E-state index in [1.54, 1.807) is 22.5 Å². The molecule has 0 saturated carbocycles. The average Bonchev–Trinajstić information content (AvgIpc) is 1.35. The van der Waals surface area contributed by atoms with Crippen LogP contribution in [-0.4, -0.2) is 24.5 Å². The van der Waals surface area contributed by atoms with Gasteiger partial charge in [-0.2, -0.15) is 0 Å². The van der Waals surface area contributed by atoms with Crippen molar-refractivity contribution < 1.29 is 0 Å². The van der Waals surface area contributed by atoms with Crippen LogP contribution in [0.25, 0.3) is 0 Å². The van der Waals surface area contributed by atoms with E-state index in [9.17, 15) is 0 Å². The summed E-state index contributed by atoms with van der Waals surface area (Å²) in [6, 6.07) is 0. The van der Waals surface area contributed by atoms with Gasteiger partial charge in [-0.15, -0.1) is 0 Å². The zero-order valence-corrected chi connectivity index (χ0v) is 8.88. The van der Waals surface area contributed by atoms with Crippen LogP contribution < -0.4 is 0 Å². The Morgan fingerprint density at radius 1 is 1.83 bits per heavy atom. The number of alkyl halides is 1. The van der Waals surface area contributed by atoms with Crippen molar-refractivity contribution >= 4 is 45.1 Å². The van der Waals surface area contributed by atoms with Gasteiger partial charge in [0.05, 0.1) is 0 Å². The van der Waals surface area contributed by atoms with E-state index >= 15 is 0 Å². The monoisotopic (exact) mass is 303 g/mol. The molecule has 0 aliphatic heterocycles.